The number of aliphatic hydroxyl groups is 1. The van der Waals surface area contributed by atoms with Gasteiger partial charge >= 0.3 is 6.03 Å². The van der Waals surface area contributed by atoms with Crippen molar-refractivity contribution in [3.63, 3.8) is 0 Å². The van der Waals surface area contributed by atoms with Gasteiger partial charge in [0.2, 0.25) is 0 Å². The Hall–Kier alpha value is -2.27. The van der Waals surface area contributed by atoms with Crippen LogP contribution in [0.5, 0.6) is 0 Å². The molecule has 0 spiro atoms. The van der Waals surface area contributed by atoms with Crippen LogP contribution in [0.4, 0.5) is 4.79 Å². The summed E-state index contributed by atoms with van der Waals surface area (Å²) in [7, 11) is 0. The first-order valence-electron chi connectivity index (χ1n) is 6.53. The summed E-state index contributed by atoms with van der Waals surface area (Å²) in [6, 6.07) is 12.9. The van der Waals surface area contributed by atoms with Crippen LogP contribution in [0.15, 0.2) is 53.1 Å². The van der Waals surface area contributed by atoms with Crippen LogP contribution in [-0.2, 0) is 6.54 Å². The minimum atomic E-state index is -0.695. The number of carbonyl (C=O) groups is 1. The maximum absolute atomic E-state index is 11.6. The van der Waals surface area contributed by atoms with E-state index in [0.717, 1.165) is 5.56 Å². The molecule has 1 unspecified atom stereocenters. The van der Waals surface area contributed by atoms with Gasteiger partial charge in [-0.25, -0.2) is 4.79 Å². The van der Waals surface area contributed by atoms with Crippen LogP contribution in [0.25, 0.3) is 0 Å². The fourth-order valence-electron chi connectivity index (χ4n) is 1.79. The second-order valence-electron chi connectivity index (χ2n) is 4.41. The summed E-state index contributed by atoms with van der Waals surface area (Å²) < 4.78 is 5.08. The fraction of sp³-hybridized carbons (Fsp3) is 0.267. The van der Waals surface area contributed by atoms with Crippen molar-refractivity contribution in [2.75, 3.05) is 6.54 Å². The fourth-order valence-corrected chi connectivity index (χ4v) is 1.79. The molecule has 1 aromatic heterocycles. The number of furan rings is 1. The van der Waals surface area contributed by atoms with Gasteiger partial charge < -0.3 is 20.2 Å². The molecule has 0 aliphatic carbocycles. The lowest BCUT2D eigenvalue weighted by Crippen LogP contribution is -2.36. The van der Waals surface area contributed by atoms with Crippen molar-refractivity contribution in [1.82, 2.24) is 10.6 Å². The molecule has 0 aliphatic rings. The molecule has 5 heteroatoms. The smallest absolute Gasteiger partial charge is 0.315 e. The molecule has 0 aliphatic heterocycles. The van der Waals surface area contributed by atoms with Crippen molar-refractivity contribution in [3.8, 4) is 0 Å². The predicted molar refractivity (Wildman–Crippen MR) is 75.0 cm³/mol. The average Bonchev–Trinajstić information content (AvgIpc) is 3.00. The van der Waals surface area contributed by atoms with Gasteiger partial charge in [-0.2, -0.15) is 0 Å². The molecule has 0 saturated heterocycles. The maximum Gasteiger partial charge on any atom is 0.315 e. The van der Waals surface area contributed by atoms with Gasteiger partial charge in [0.15, 0.2) is 0 Å². The summed E-state index contributed by atoms with van der Waals surface area (Å²) in [5.41, 5.74) is 1.04. The Balaban J connectivity index is 1.63. The summed E-state index contributed by atoms with van der Waals surface area (Å²) in [6.45, 7) is 0.857. The Morgan fingerprint density at radius 3 is 2.65 bits per heavy atom. The van der Waals surface area contributed by atoms with Crippen molar-refractivity contribution in [2.24, 2.45) is 0 Å². The quantitative estimate of drug-likeness (QED) is 0.756. The highest BCUT2D eigenvalue weighted by atomic mass is 16.4. The lowest BCUT2D eigenvalue weighted by Gasteiger charge is -2.10. The molecule has 1 heterocycles. The van der Waals surface area contributed by atoms with Crippen LogP contribution in [0.3, 0.4) is 0 Å². The van der Waals surface area contributed by atoms with Gasteiger partial charge in [0.1, 0.15) is 11.9 Å². The van der Waals surface area contributed by atoms with E-state index in [1.165, 1.54) is 6.26 Å². The van der Waals surface area contributed by atoms with Gasteiger partial charge in [0.05, 0.1) is 6.26 Å². The van der Waals surface area contributed by atoms with Gasteiger partial charge in [-0.3, -0.25) is 0 Å². The number of hydrogen-bond acceptors (Lipinski definition) is 3. The van der Waals surface area contributed by atoms with Gasteiger partial charge in [-0.15, -0.1) is 0 Å². The molecule has 20 heavy (non-hydrogen) atoms. The van der Waals surface area contributed by atoms with Crippen molar-refractivity contribution in [1.29, 1.82) is 0 Å². The molecule has 106 valence electrons. The second-order valence-corrected chi connectivity index (χ2v) is 4.41. The highest BCUT2D eigenvalue weighted by molar-refractivity contribution is 5.73. The summed E-state index contributed by atoms with van der Waals surface area (Å²) in [5, 5.41) is 15.2. The van der Waals surface area contributed by atoms with E-state index in [2.05, 4.69) is 10.6 Å². The van der Waals surface area contributed by atoms with Gasteiger partial charge in [-0.1, -0.05) is 30.3 Å². The molecule has 5 nitrogen and oxygen atoms in total. The number of carbonyl (C=O) groups excluding carboxylic acids is 1. The Bertz CT molecular complexity index is 511. The first-order valence-corrected chi connectivity index (χ1v) is 6.53. The summed E-state index contributed by atoms with van der Waals surface area (Å²) in [6.07, 6.45) is 1.23. The van der Waals surface area contributed by atoms with E-state index in [-0.39, 0.29) is 6.03 Å². The number of nitrogens with one attached hydrogen (secondary N) is 2. The minimum absolute atomic E-state index is 0.250. The number of rotatable bonds is 6. The van der Waals surface area contributed by atoms with Crippen molar-refractivity contribution in [2.45, 2.75) is 19.1 Å². The normalized spacial score (nSPS) is 11.8. The Labute approximate surface area is 117 Å². The number of benzene rings is 1. The lowest BCUT2D eigenvalue weighted by atomic mass is 10.2. The van der Waals surface area contributed by atoms with E-state index in [9.17, 15) is 9.90 Å². The Morgan fingerprint density at radius 2 is 1.95 bits per heavy atom. The number of hydrogen-bond donors (Lipinski definition) is 3. The monoisotopic (exact) mass is 274 g/mol. The number of amides is 2. The second kappa shape index (κ2) is 7.35. The zero-order valence-electron chi connectivity index (χ0n) is 11.1. The molecule has 0 radical (unpaired) electrons. The molecule has 0 saturated carbocycles. The van der Waals surface area contributed by atoms with Crippen LogP contribution < -0.4 is 10.6 Å². The van der Waals surface area contributed by atoms with E-state index in [4.69, 9.17) is 4.42 Å². The lowest BCUT2D eigenvalue weighted by molar-refractivity contribution is 0.140. The standard InChI is InChI=1S/C15H18N2O3/c18-13(14-7-4-10-20-14)8-9-16-15(19)17-11-12-5-2-1-3-6-12/h1-7,10,13,18H,8-9,11H2,(H2,16,17,19). The Kier molecular flexibility index (Phi) is 5.20. The molecule has 2 aromatic rings. The zero-order chi connectivity index (χ0) is 14.2. The van der Waals surface area contributed by atoms with Crippen LogP contribution in [0, 0.1) is 0 Å². The molecular weight excluding hydrogens is 256 g/mol. The third kappa shape index (κ3) is 4.44. The molecular formula is C15H18N2O3. The van der Waals surface area contributed by atoms with Crippen LogP contribution in [-0.4, -0.2) is 17.7 Å². The number of aliphatic hydroxyl groups excluding tert-OH is 1. The number of urea groups is 1. The van der Waals surface area contributed by atoms with Gasteiger partial charge in [-0.05, 0) is 24.1 Å². The van der Waals surface area contributed by atoms with Crippen molar-refractivity contribution >= 4 is 6.03 Å². The highest BCUT2D eigenvalue weighted by Gasteiger charge is 2.10. The molecule has 0 fully saturated rings. The summed E-state index contributed by atoms with van der Waals surface area (Å²) >= 11 is 0. The third-order valence-electron chi connectivity index (χ3n) is 2.87. The molecule has 3 N–H and O–H groups in total. The molecule has 2 rings (SSSR count). The van der Waals surface area contributed by atoms with Crippen LogP contribution in [0.2, 0.25) is 0 Å². The molecule has 0 bridgehead atoms. The molecule has 1 aromatic carbocycles. The maximum atomic E-state index is 11.6. The highest BCUT2D eigenvalue weighted by Crippen LogP contribution is 2.15. The largest absolute Gasteiger partial charge is 0.467 e. The third-order valence-corrected chi connectivity index (χ3v) is 2.87. The average molecular weight is 274 g/mol. The predicted octanol–water partition coefficient (Wildman–Crippen LogP) is 2.20. The van der Waals surface area contributed by atoms with Crippen molar-refractivity contribution < 1.29 is 14.3 Å². The van der Waals surface area contributed by atoms with E-state index < -0.39 is 6.10 Å². The van der Waals surface area contributed by atoms with Gasteiger partial charge in [0.25, 0.3) is 0 Å². The van der Waals surface area contributed by atoms with E-state index in [1.807, 2.05) is 30.3 Å². The molecule has 2 amide bonds. The molecule has 1 atom stereocenters. The first-order chi connectivity index (χ1) is 9.75. The van der Waals surface area contributed by atoms with Gasteiger partial charge in [0, 0.05) is 13.1 Å². The van der Waals surface area contributed by atoms with Crippen LogP contribution >= 0.6 is 0 Å². The van der Waals surface area contributed by atoms with E-state index in [0.29, 0.717) is 25.3 Å². The van der Waals surface area contributed by atoms with E-state index in [1.54, 1.807) is 12.1 Å². The minimum Gasteiger partial charge on any atom is -0.467 e. The zero-order valence-corrected chi connectivity index (χ0v) is 11.1. The SMILES string of the molecule is O=C(NCCC(O)c1ccco1)NCc1ccccc1. The first kappa shape index (κ1) is 14.1. The topological polar surface area (TPSA) is 74.5 Å². The van der Waals surface area contributed by atoms with E-state index >= 15 is 0 Å². The Morgan fingerprint density at radius 1 is 1.15 bits per heavy atom. The summed E-state index contributed by atoms with van der Waals surface area (Å²) in [5.74, 6) is 0.511. The van der Waals surface area contributed by atoms with Crippen molar-refractivity contribution in [3.05, 3.63) is 60.1 Å². The van der Waals surface area contributed by atoms with Crippen LogP contribution in [0.1, 0.15) is 23.8 Å². The summed E-state index contributed by atoms with van der Waals surface area (Å²) in [4.78, 5) is 11.6.